The molecule has 36 heavy (non-hydrogen) atoms. The van der Waals surface area contributed by atoms with Gasteiger partial charge in [-0.15, -0.1) is 0 Å². The van der Waals surface area contributed by atoms with E-state index in [0.29, 0.717) is 19.1 Å². The quantitative estimate of drug-likeness (QED) is 0.369. The molecule has 0 saturated heterocycles. The van der Waals surface area contributed by atoms with Crippen molar-refractivity contribution in [1.82, 2.24) is 16.0 Å². The summed E-state index contributed by atoms with van der Waals surface area (Å²) in [7, 11) is 0. The number of carbonyl (C=O) groups excluding carboxylic acids is 4. The molecule has 8 heteroatoms. The second-order valence-corrected chi connectivity index (χ2v) is 9.56. The molecule has 0 saturated carbocycles. The number of rotatable bonds is 13. The Hall–Kier alpha value is -3.68. The van der Waals surface area contributed by atoms with Crippen LogP contribution in [0.25, 0.3) is 0 Å². The third kappa shape index (κ3) is 9.90. The summed E-state index contributed by atoms with van der Waals surface area (Å²) in [5, 5.41) is 8.11. The van der Waals surface area contributed by atoms with Crippen LogP contribution in [0.4, 0.5) is 4.79 Å². The number of hydrogen-bond acceptors (Lipinski definition) is 5. The lowest BCUT2D eigenvalue weighted by Gasteiger charge is -2.26. The van der Waals surface area contributed by atoms with Gasteiger partial charge in [0.1, 0.15) is 25.0 Å². The first-order chi connectivity index (χ1) is 17.2. The summed E-state index contributed by atoms with van der Waals surface area (Å²) in [4.78, 5) is 50.1. The fraction of sp³-hybridized carbons (Fsp3) is 0.429. The van der Waals surface area contributed by atoms with Crippen molar-refractivity contribution in [3.8, 4) is 0 Å². The van der Waals surface area contributed by atoms with Crippen LogP contribution >= 0.6 is 0 Å². The molecule has 0 aliphatic carbocycles. The molecule has 2 aromatic carbocycles. The minimum Gasteiger partial charge on any atom is -0.445 e. The molecular weight excluding hydrogens is 458 g/mol. The van der Waals surface area contributed by atoms with Crippen LogP contribution in [0.3, 0.4) is 0 Å². The van der Waals surface area contributed by atoms with Gasteiger partial charge in [-0.3, -0.25) is 9.59 Å². The Labute approximate surface area is 213 Å². The lowest BCUT2D eigenvalue weighted by Crippen LogP contribution is -2.56. The summed E-state index contributed by atoms with van der Waals surface area (Å²) >= 11 is 0. The first-order valence-electron chi connectivity index (χ1n) is 12.3. The van der Waals surface area contributed by atoms with Crippen molar-refractivity contribution in [3.05, 3.63) is 71.8 Å². The Bertz CT molecular complexity index is 979. The highest BCUT2D eigenvalue weighted by molar-refractivity contribution is 5.92. The fourth-order valence-electron chi connectivity index (χ4n) is 3.68. The number of nitrogens with one attached hydrogen (secondary N) is 3. The molecule has 0 radical (unpaired) electrons. The molecule has 0 heterocycles. The van der Waals surface area contributed by atoms with Crippen molar-refractivity contribution in [3.63, 3.8) is 0 Å². The van der Waals surface area contributed by atoms with E-state index in [0.717, 1.165) is 11.1 Å². The number of hydrogen-bond donors (Lipinski definition) is 3. The molecule has 0 spiro atoms. The molecule has 2 aromatic rings. The first kappa shape index (κ1) is 28.6. The van der Waals surface area contributed by atoms with Crippen LogP contribution in [0.2, 0.25) is 0 Å². The van der Waals surface area contributed by atoms with Gasteiger partial charge in [0.05, 0.1) is 6.04 Å². The van der Waals surface area contributed by atoms with Crippen molar-refractivity contribution < 1.29 is 23.9 Å². The van der Waals surface area contributed by atoms with Gasteiger partial charge >= 0.3 is 6.09 Å². The fourth-order valence-corrected chi connectivity index (χ4v) is 3.68. The van der Waals surface area contributed by atoms with Crippen molar-refractivity contribution >= 4 is 24.2 Å². The molecule has 8 nitrogen and oxygen atoms in total. The molecule has 3 amide bonds. The van der Waals surface area contributed by atoms with E-state index in [1.54, 1.807) is 13.8 Å². The summed E-state index contributed by atoms with van der Waals surface area (Å²) in [5.41, 5.74) is 1.74. The average molecular weight is 496 g/mol. The highest BCUT2D eigenvalue weighted by atomic mass is 16.5. The molecule has 3 N–H and O–H groups in total. The molecular formula is C28H37N3O5. The molecule has 0 aromatic heterocycles. The molecule has 0 aliphatic rings. The molecule has 0 bridgehead atoms. The summed E-state index contributed by atoms with van der Waals surface area (Å²) in [6.45, 7) is 7.54. The van der Waals surface area contributed by atoms with E-state index in [-0.39, 0.29) is 18.4 Å². The maximum atomic E-state index is 13.1. The normalized spacial score (nSPS) is 13.4. The van der Waals surface area contributed by atoms with Crippen molar-refractivity contribution in [2.24, 2.45) is 11.8 Å². The minimum atomic E-state index is -0.901. The van der Waals surface area contributed by atoms with E-state index < -0.39 is 36.0 Å². The van der Waals surface area contributed by atoms with Gasteiger partial charge in [-0.2, -0.15) is 0 Å². The largest absolute Gasteiger partial charge is 0.445 e. The number of benzene rings is 2. The van der Waals surface area contributed by atoms with Crippen molar-refractivity contribution in [1.29, 1.82) is 0 Å². The Kier molecular flexibility index (Phi) is 11.6. The maximum Gasteiger partial charge on any atom is 0.408 e. The molecule has 0 aliphatic heterocycles. The van der Waals surface area contributed by atoms with Gasteiger partial charge in [0.15, 0.2) is 0 Å². The van der Waals surface area contributed by atoms with E-state index in [9.17, 15) is 19.2 Å². The van der Waals surface area contributed by atoms with Crippen LogP contribution in [0.5, 0.6) is 0 Å². The zero-order valence-electron chi connectivity index (χ0n) is 21.4. The van der Waals surface area contributed by atoms with Gasteiger partial charge in [0.2, 0.25) is 11.8 Å². The highest BCUT2D eigenvalue weighted by Crippen LogP contribution is 2.10. The molecule has 3 atom stereocenters. The van der Waals surface area contributed by atoms with Gasteiger partial charge in [-0.25, -0.2) is 4.79 Å². The van der Waals surface area contributed by atoms with Gasteiger partial charge in [0, 0.05) is 0 Å². The third-order valence-electron chi connectivity index (χ3n) is 5.57. The first-order valence-corrected chi connectivity index (χ1v) is 12.3. The van der Waals surface area contributed by atoms with Gasteiger partial charge in [-0.1, -0.05) is 88.4 Å². The third-order valence-corrected chi connectivity index (χ3v) is 5.57. The summed E-state index contributed by atoms with van der Waals surface area (Å²) in [6.07, 6.45) is 0.696. The monoisotopic (exact) mass is 495 g/mol. The molecule has 0 fully saturated rings. The Morgan fingerprint density at radius 1 is 0.806 bits per heavy atom. The Balaban J connectivity index is 2.01. The second-order valence-electron chi connectivity index (χ2n) is 9.56. The summed E-state index contributed by atoms with van der Waals surface area (Å²) < 4.78 is 5.25. The highest BCUT2D eigenvalue weighted by Gasteiger charge is 2.30. The Morgan fingerprint density at radius 2 is 1.39 bits per heavy atom. The van der Waals surface area contributed by atoms with Crippen LogP contribution in [0, 0.1) is 11.8 Å². The average Bonchev–Trinajstić information content (AvgIpc) is 2.85. The smallest absolute Gasteiger partial charge is 0.408 e. The van der Waals surface area contributed by atoms with E-state index >= 15 is 0 Å². The summed E-state index contributed by atoms with van der Waals surface area (Å²) in [5.74, 6) is -1.09. The molecule has 2 rings (SSSR count). The van der Waals surface area contributed by atoms with Gasteiger partial charge < -0.3 is 25.5 Å². The standard InChI is InChI=1S/C28H37N3O5/c1-19(2)15-24(26(33)29-23(17-32)16-21-11-7-5-8-12-21)30-27(34)25(20(3)4)31-28(35)36-18-22-13-9-6-10-14-22/h5-14,17,19-20,23-25H,15-16,18H2,1-4H3,(H,29,33)(H,30,34)(H,31,35)/t23-,24-,25-/m0/s1. The minimum absolute atomic E-state index is 0.0754. The number of amides is 3. The van der Waals surface area contributed by atoms with Crippen molar-refractivity contribution in [2.75, 3.05) is 0 Å². The number of ether oxygens (including phenoxy) is 1. The van der Waals surface area contributed by atoms with Crippen LogP contribution in [-0.2, 0) is 32.1 Å². The predicted molar refractivity (Wildman–Crippen MR) is 138 cm³/mol. The van der Waals surface area contributed by atoms with Crippen LogP contribution in [0.15, 0.2) is 60.7 Å². The van der Waals surface area contributed by atoms with Gasteiger partial charge in [0.25, 0.3) is 0 Å². The zero-order valence-corrected chi connectivity index (χ0v) is 21.4. The van der Waals surface area contributed by atoms with E-state index in [1.807, 2.05) is 74.5 Å². The van der Waals surface area contributed by atoms with E-state index in [1.165, 1.54) is 0 Å². The second kappa shape index (κ2) is 14.7. The number of aldehydes is 1. The van der Waals surface area contributed by atoms with Gasteiger partial charge in [-0.05, 0) is 35.8 Å². The molecule has 0 unspecified atom stereocenters. The van der Waals surface area contributed by atoms with Crippen LogP contribution in [-0.4, -0.2) is 42.3 Å². The number of alkyl carbamates (subject to hydrolysis) is 1. The summed E-state index contributed by atoms with van der Waals surface area (Å²) in [6, 6.07) is 16.1. The van der Waals surface area contributed by atoms with Crippen LogP contribution in [0.1, 0.15) is 45.2 Å². The molecule has 194 valence electrons. The Morgan fingerprint density at radius 3 is 1.92 bits per heavy atom. The predicted octanol–water partition coefficient (Wildman–Crippen LogP) is 3.39. The lowest BCUT2D eigenvalue weighted by atomic mass is 9.99. The van der Waals surface area contributed by atoms with Crippen LogP contribution < -0.4 is 16.0 Å². The maximum absolute atomic E-state index is 13.1. The SMILES string of the molecule is CC(C)C[C@H](NC(=O)[C@@H](NC(=O)OCc1ccccc1)C(C)C)C(=O)N[C@H](C=O)Cc1ccccc1. The topological polar surface area (TPSA) is 114 Å². The zero-order chi connectivity index (χ0) is 26.5. The number of carbonyl (C=O) groups is 4. The van der Waals surface area contributed by atoms with E-state index in [4.69, 9.17) is 4.74 Å². The lowest BCUT2D eigenvalue weighted by molar-refractivity contribution is -0.131. The van der Waals surface area contributed by atoms with Crippen molar-refractivity contribution in [2.45, 2.75) is 65.3 Å². The van der Waals surface area contributed by atoms with E-state index in [2.05, 4.69) is 16.0 Å².